The minimum absolute atomic E-state index is 0.00114. The molecule has 2 aromatic carbocycles. The van der Waals surface area contributed by atoms with Gasteiger partial charge in [0.05, 0.1) is 11.6 Å². The average Bonchev–Trinajstić information content (AvgIpc) is 2.81. The van der Waals surface area contributed by atoms with E-state index >= 15 is 0 Å². The maximum Gasteiger partial charge on any atom is 0.411 e. The van der Waals surface area contributed by atoms with Crippen molar-refractivity contribution in [2.45, 2.75) is 57.8 Å². The lowest BCUT2D eigenvalue weighted by Gasteiger charge is -2.45. The quantitative estimate of drug-likeness (QED) is 0.525. The van der Waals surface area contributed by atoms with Crippen molar-refractivity contribution in [3.05, 3.63) is 93.9 Å². The smallest absolute Gasteiger partial charge is 0.411 e. The van der Waals surface area contributed by atoms with Crippen molar-refractivity contribution in [2.24, 2.45) is 7.05 Å². The number of ether oxygens (including phenoxy) is 1. The van der Waals surface area contributed by atoms with Crippen LogP contribution in [0.4, 0.5) is 4.79 Å². The van der Waals surface area contributed by atoms with Gasteiger partial charge in [-0.25, -0.2) is 4.79 Å². The van der Waals surface area contributed by atoms with E-state index in [-0.39, 0.29) is 17.7 Å². The van der Waals surface area contributed by atoms with Crippen LogP contribution in [0.15, 0.2) is 71.7 Å². The molecule has 2 atom stereocenters. The fourth-order valence-corrected chi connectivity index (χ4v) is 5.06. The number of aliphatic hydroxyl groups is 1. The van der Waals surface area contributed by atoms with Gasteiger partial charge in [-0.1, -0.05) is 54.6 Å². The van der Waals surface area contributed by atoms with E-state index in [4.69, 9.17) is 4.74 Å². The first kappa shape index (κ1) is 24.7. The Hall–Kier alpha value is -3.38. The topological polar surface area (TPSA) is 71.8 Å². The molecule has 0 spiro atoms. The molecule has 1 unspecified atom stereocenters. The molecule has 6 nitrogen and oxygen atoms in total. The number of aromatic nitrogens is 1. The van der Waals surface area contributed by atoms with Crippen molar-refractivity contribution in [2.75, 3.05) is 6.54 Å². The van der Waals surface area contributed by atoms with Crippen molar-refractivity contribution in [1.82, 2.24) is 9.47 Å². The highest BCUT2D eigenvalue weighted by atomic mass is 16.6. The number of pyridine rings is 1. The van der Waals surface area contributed by atoms with Crippen LogP contribution in [0.3, 0.4) is 0 Å². The van der Waals surface area contributed by atoms with E-state index < -0.39 is 11.2 Å². The van der Waals surface area contributed by atoms with Crippen LogP contribution in [0.5, 0.6) is 0 Å². The summed E-state index contributed by atoms with van der Waals surface area (Å²) in [4.78, 5) is 27.0. The Morgan fingerprint density at radius 3 is 2.29 bits per heavy atom. The summed E-state index contributed by atoms with van der Waals surface area (Å²) in [5, 5.41) is 10.6. The second-order valence-electron chi connectivity index (χ2n) is 10.3. The number of carbonyl (C=O) groups excluding carboxylic acids is 1. The van der Waals surface area contributed by atoms with Gasteiger partial charge in [0.25, 0.3) is 5.56 Å². The minimum atomic E-state index is -0.987. The Balaban J connectivity index is 1.55. The summed E-state index contributed by atoms with van der Waals surface area (Å²) in [6.07, 6.45) is 2.37. The summed E-state index contributed by atoms with van der Waals surface area (Å²) in [6, 6.07) is 19.5. The molecule has 1 N–H and O–H groups in total. The monoisotopic (exact) mass is 474 g/mol. The fourth-order valence-electron chi connectivity index (χ4n) is 5.06. The third-order valence-corrected chi connectivity index (χ3v) is 6.85. The van der Waals surface area contributed by atoms with Crippen molar-refractivity contribution < 1.29 is 14.6 Å². The highest BCUT2D eigenvalue weighted by Gasteiger charge is 2.46. The molecule has 6 heteroatoms. The number of amides is 1. The van der Waals surface area contributed by atoms with Crippen molar-refractivity contribution in [1.29, 1.82) is 0 Å². The molecule has 0 aliphatic carbocycles. The van der Waals surface area contributed by atoms with Crippen LogP contribution in [0.1, 0.15) is 56.3 Å². The summed E-state index contributed by atoms with van der Waals surface area (Å²) in [7, 11) is 1.75. The van der Waals surface area contributed by atoms with Gasteiger partial charge in [-0.3, -0.25) is 4.79 Å². The van der Waals surface area contributed by atoms with Crippen molar-refractivity contribution in [3.63, 3.8) is 0 Å². The number of nitrogens with zero attached hydrogens (tertiary/aromatic N) is 2. The molecule has 35 heavy (non-hydrogen) atoms. The number of hydrogen-bond donors (Lipinski definition) is 1. The molecule has 1 amide bonds. The number of carbonyl (C=O) groups is 1. The predicted molar refractivity (Wildman–Crippen MR) is 137 cm³/mol. The largest absolute Gasteiger partial charge is 0.438 e. The first-order valence-corrected chi connectivity index (χ1v) is 12.0. The molecule has 2 heterocycles. The standard InChI is InChI=1S/C29H34N2O4/c1-20-17-24(18-30(5)26(20)32)23-13-11-22(12-14-23)21(2)31-16-15-29(35-27(31)33,19-28(3,4)34)25-9-7-6-8-10-25/h6-14,17-18,21,34H,15-16,19H2,1-5H3/t21-,29?/m0/s1. The molecule has 1 aliphatic rings. The predicted octanol–water partition coefficient (Wildman–Crippen LogP) is 5.32. The highest BCUT2D eigenvalue weighted by molar-refractivity contribution is 5.70. The first-order chi connectivity index (χ1) is 16.5. The number of cyclic esters (lactones) is 1. The molecule has 1 aliphatic heterocycles. The van der Waals surface area contributed by atoms with Gasteiger partial charge in [-0.05, 0) is 56.0 Å². The molecule has 1 saturated heterocycles. The van der Waals surface area contributed by atoms with Gasteiger partial charge in [-0.15, -0.1) is 0 Å². The SMILES string of the molecule is Cc1cc(-c2ccc([C@H](C)N3CCC(CC(C)(C)O)(c4ccccc4)OC3=O)cc2)cn(C)c1=O. The van der Waals surface area contributed by atoms with Gasteiger partial charge >= 0.3 is 6.09 Å². The van der Waals surface area contributed by atoms with Crippen LogP contribution in [0.2, 0.25) is 0 Å². The van der Waals surface area contributed by atoms with Gasteiger partial charge in [-0.2, -0.15) is 0 Å². The lowest BCUT2D eigenvalue weighted by molar-refractivity contribution is -0.101. The normalized spacial score (nSPS) is 19.4. The summed E-state index contributed by atoms with van der Waals surface area (Å²) in [5.41, 5.74) is 2.73. The van der Waals surface area contributed by atoms with Crippen molar-refractivity contribution >= 4 is 6.09 Å². The number of rotatable bonds is 6. The van der Waals surface area contributed by atoms with E-state index in [1.54, 1.807) is 30.4 Å². The van der Waals surface area contributed by atoms with Crippen molar-refractivity contribution in [3.8, 4) is 11.1 Å². The third-order valence-electron chi connectivity index (χ3n) is 6.85. The Kier molecular flexibility index (Phi) is 6.60. The van der Waals surface area contributed by atoms with Gasteiger partial charge in [0.15, 0.2) is 0 Å². The molecule has 3 aromatic rings. The van der Waals surface area contributed by atoms with Crippen LogP contribution in [0, 0.1) is 6.92 Å². The lowest BCUT2D eigenvalue weighted by Crippen LogP contribution is -2.51. The second-order valence-corrected chi connectivity index (χ2v) is 10.3. The van der Waals surface area contributed by atoms with Crippen LogP contribution in [-0.4, -0.2) is 32.8 Å². The maximum absolute atomic E-state index is 13.3. The highest BCUT2D eigenvalue weighted by Crippen LogP contribution is 2.42. The van der Waals surface area contributed by atoms with E-state index in [1.807, 2.05) is 80.7 Å². The molecule has 0 saturated carbocycles. The summed E-state index contributed by atoms with van der Waals surface area (Å²) in [5.74, 6) is 0. The van der Waals surface area contributed by atoms with E-state index in [1.165, 1.54) is 0 Å². The third kappa shape index (κ3) is 5.17. The van der Waals surface area contributed by atoms with Gasteiger partial charge in [0.2, 0.25) is 0 Å². The minimum Gasteiger partial charge on any atom is -0.438 e. The van der Waals surface area contributed by atoms with Crippen LogP contribution >= 0.6 is 0 Å². The Bertz CT molecular complexity index is 1230. The molecule has 1 aromatic heterocycles. The molecule has 4 rings (SSSR count). The van der Waals surface area contributed by atoms with Gasteiger partial charge < -0.3 is 19.3 Å². The molecule has 184 valence electrons. The Labute approximate surface area is 206 Å². The maximum atomic E-state index is 13.3. The molecular weight excluding hydrogens is 440 g/mol. The number of benzene rings is 2. The second kappa shape index (κ2) is 9.34. The molecular formula is C29H34N2O4. The lowest BCUT2D eigenvalue weighted by atomic mass is 9.80. The zero-order valence-electron chi connectivity index (χ0n) is 21.1. The Morgan fingerprint density at radius 2 is 1.71 bits per heavy atom. The van der Waals surface area contributed by atoms with Crippen LogP contribution < -0.4 is 5.56 Å². The summed E-state index contributed by atoms with van der Waals surface area (Å²) in [6.45, 7) is 7.82. The first-order valence-electron chi connectivity index (χ1n) is 12.0. The average molecular weight is 475 g/mol. The Morgan fingerprint density at radius 1 is 1.06 bits per heavy atom. The number of aryl methyl sites for hydroxylation is 2. The zero-order valence-corrected chi connectivity index (χ0v) is 21.1. The molecule has 0 bridgehead atoms. The van der Waals surface area contributed by atoms with E-state index in [9.17, 15) is 14.7 Å². The van der Waals surface area contributed by atoms with Gasteiger partial charge in [0.1, 0.15) is 5.60 Å². The zero-order chi connectivity index (χ0) is 25.4. The van der Waals surface area contributed by atoms with E-state index in [0.717, 1.165) is 22.3 Å². The molecule has 1 fully saturated rings. The van der Waals surface area contributed by atoms with E-state index in [2.05, 4.69) is 0 Å². The summed E-state index contributed by atoms with van der Waals surface area (Å²) >= 11 is 0. The fraction of sp³-hybridized carbons (Fsp3) is 0.379. The van der Waals surface area contributed by atoms with E-state index in [0.29, 0.717) is 24.9 Å². The van der Waals surface area contributed by atoms with Gasteiger partial charge in [0, 0.05) is 38.2 Å². The summed E-state index contributed by atoms with van der Waals surface area (Å²) < 4.78 is 7.71. The molecule has 0 radical (unpaired) electrons. The number of hydrogen-bond acceptors (Lipinski definition) is 4. The van der Waals surface area contributed by atoms with Crippen LogP contribution in [0.25, 0.3) is 11.1 Å². The van der Waals surface area contributed by atoms with Crippen LogP contribution in [-0.2, 0) is 17.4 Å².